The molecule has 4 nitrogen and oxygen atoms in total. The molecule has 0 amide bonds. The van der Waals surface area contributed by atoms with Crippen LogP contribution in [0.25, 0.3) is 78.9 Å². The maximum absolute atomic E-state index is 6.19. The molecule has 0 spiro atoms. The van der Waals surface area contributed by atoms with Crippen LogP contribution in [0.2, 0.25) is 0 Å². The predicted octanol–water partition coefficient (Wildman–Crippen LogP) is 29.3. The summed E-state index contributed by atoms with van der Waals surface area (Å²) in [5.41, 5.74) is 30.9. The van der Waals surface area contributed by atoms with E-state index in [2.05, 4.69) is 375 Å². The Labute approximate surface area is 661 Å². The molecule has 0 heterocycles. The fraction of sp³-hybridized carbons (Fsp3) is 0.130. The molecule has 2 atom stereocenters. The first kappa shape index (κ1) is 71.9. The summed E-state index contributed by atoms with van der Waals surface area (Å²) in [4.78, 5) is 4.79. The molecule has 15 aromatic rings. The molecular formula is C108H92N2O2. The lowest BCUT2D eigenvalue weighted by molar-refractivity contribution is 0.303. The molecular weight excluding hydrogens is 1360 g/mol. The van der Waals surface area contributed by atoms with Crippen molar-refractivity contribution in [3.05, 3.63) is 434 Å². The predicted molar refractivity (Wildman–Crippen MR) is 471 cm³/mol. The molecule has 17 rings (SSSR count). The second-order valence-electron chi connectivity index (χ2n) is 29.8. The number of hydrogen-bond acceptors (Lipinski definition) is 4. The molecule has 15 aromatic carbocycles. The van der Waals surface area contributed by atoms with Crippen molar-refractivity contribution < 1.29 is 9.47 Å². The quantitative estimate of drug-likeness (QED) is 0.0419. The van der Waals surface area contributed by atoms with Crippen LogP contribution >= 0.6 is 0 Å². The molecule has 0 radical (unpaired) electrons. The fourth-order valence-corrected chi connectivity index (χ4v) is 17.6. The van der Waals surface area contributed by atoms with Crippen LogP contribution in [-0.2, 0) is 10.8 Å². The monoisotopic (exact) mass is 1450 g/mol. The third kappa shape index (κ3) is 14.6. The topological polar surface area (TPSA) is 24.9 Å². The Kier molecular flexibility index (Phi) is 21.2. The van der Waals surface area contributed by atoms with E-state index in [0.29, 0.717) is 13.2 Å². The van der Waals surface area contributed by atoms with E-state index in [1.54, 1.807) is 0 Å². The minimum absolute atomic E-state index is 0.318. The first-order valence-corrected chi connectivity index (χ1v) is 40.0. The number of fused-ring (bicyclic) bond motifs is 6. The van der Waals surface area contributed by atoms with Crippen LogP contribution in [-0.4, -0.2) is 13.2 Å². The summed E-state index contributed by atoms with van der Waals surface area (Å²) in [7, 11) is 0. The number of hydrogen-bond donors (Lipinski definition) is 0. The number of unbranched alkanes of at least 4 members (excludes halogenated alkanes) is 6. The Hall–Kier alpha value is -13.0. The first-order valence-electron chi connectivity index (χ1n) is 40.0. The number of anilines is 6. The van der Waals surface area contributed by atoms with E-state index in [1.165, 1.54) is 100 Å². The molecule has 0 saturated carbocycles. The summed E-state index contributed by atoms with van der Waals surface area (Å²) >= 11 is 0. The average molecular weight is 1450 g/mol. The zero-order chi connectivity index (χ0) is 75.5. The highest BCUT2D eigenvalue weighted by molar-refractivity contribution is 5.90. The van der Waals surface area contributed by atoms with Gasteiger partial charge >= 0.3 is 0 Å². The number of ether oxygens (including phenoxy) is 2. The van der Waals surface area contributed by atoms with Gasteiger partial charge in [0.05, 0.1) is 13.2 Å². The summed E-state index contributed by atoms with van der Waals surface area (Å²) in [5, 5.41) is 0. The molecule has 0 aliphatic heterocycles. The van der Waals surface area contributed by atoms with Crippen molar-refractivity contribution in [3.8, 4) is 78.3 Å². The highest BCUT2D eigenvalue weighted by atomic mass is 16.5. The molecule has 2 aliphatic rings. The van der Waals surface area contributed by atoms with Crippen LogP contribution in [0.15, 0.2) is 389 Å². The molecule has 0 bridgehead atoms. The lowest BCUT2D eigenvalue weighted by Gasteiger charge is -2.33. The van der Waals surface area contributed by atoms with Crippen molar-refractivity contribution in [1.29, 1.82) is 0 Å². The van der Waals surface area contributed by atoms with Gasteiger partial charge in [0.15, 0.2) is 0 Å². The lowest BCUT2D eigenvalue weighted by atomic mass is 9.69. The van der Waals surface area contributed by atoms with Crippen LogP contribution in [0, 0.1) is 0 Å². The van der Waals surface area contributed by atoms with Gasteiger partial charge in [-0.2, -0.15) is 0 Å². The van der Waals surface area contributed by atoms with Gasteiger partial charge in [0.25, 0.3) is 0 Å². The zero-order valence-corrected chi connectivity index (χ0v) is 63.6. The standard InChI is InChI=1S/C108H92N2O2/c1-3-79-41-67-97(68-42-79)111-75-27-7-5-25-73-107(89-33-17-11-18-34-89)103-39-23-21-37-99(103)101-71-53-87(77-105(101)107)85-49-59-93(60-50-85)110(96-65-63-95(64-66-96)109(91-55-45-83(46-56-91)81-29-13-9-14-30-81)92-57-47-84(48-58-92)82-31-15-10-16-32-82)94-61-51-86(52-62-94)88-54-72-102-100-38-22-24-40-104(100)108(106(102)78-88,90-35-19-12-20-36-90)74-26-6-8-28-76-112-98-69-43-80(4-2)44-70-98/h3-4,9-24,29-72,77-78H,1-2,5-8,25-28,73-76H2. The number of rotatable bonds is 30. The van der Waals surface area contributed by atoms with E-state index in [9.17, 15) is 0 Å². The van der Waals surface area contributed by atoms with Gasteiger partial charge in [-0.3, -0.25) is 0 Å². The molecule has 4 heteroatoms. The van der Waals surface area contributed by atoms with Gasteiger partial charge in [-0.25, -0.2) is 0 Å². The Bertz CT molecular complexity index is 5350. The van der Waals surface area contributed by atoms with Crippen molar-refractivity contribution in [2.24, 2.45) is 0 Å². The smallest absolute Gasteiger partial charge is 0.119 e. The van der Waals surface area contributed by atoms with Crippen LogP contribution in [0.1, 0.15) is 109 Å². The third-order valence-electron chi connectivity index (χ3n) is 23.3. The largest absolute Gasteiger partial charge is 0.494 e. The number of nitrogens with zero attached hydrogens (tertiary/aromatic N) is 2. The van der Waals surface area contributed by atoms with Crippen LogP contribution < -0.4 is 19.3 Å². The number of benzene rings is 15. The van der Waals surface area contributed by atoms with E-state index in [4.69, 9.17) is 9.47 Å². The van der Waals surface area contributed by atoms with Crippen LogP contribution in [0.4, 0.5) is 34.1 Å². The second-order valence-corrected chi connectivity index (χ2v) is 29.8. The van der Waals surface area contributed by atoms with E-state index in [-0.39, 0.29) is 10.8 Å². The van der Waals surface area contributed by atoms with E-state index >= 15 is 0 Å². The van der Waals surface area contributed by atoms with Crippen molar-refractivity contribution in [2.75, 3.05) is 23.0 Å². The summed E-state index contributed by atoms with van der Waals surface area (Å²) in [6.07, 6.45) is 14.3. The van der Waals surface area contributed by atoms with Crippen molar-refractivity contribution >= 4 is 46.3 Å². The summed E-state index contributed by atoms with van der Waals surface area (Å²) in [6.45, 7) is 9.22. The highest BCUT2D eigenvalue weighted by Crippen LogP contribution is 2.58. The maximum Gasteiger partial charge on any atom is 0.119 e. The minimum atomic E-state index is -0.318. The van der Waals surface area contributed by atoms with Crippen LogP contribution in [0.3, 0.4) is 0 Å². The first-order chi connectivity index (χ1) is 55.4. The lowest BCUT2D eigenvalue weighted by Crippen LogP contribution is -2.27. The molecule has 112 heavy (non-hydrogen) atoms. The van der Waals surface area contributed by atoms with Gasteiger partial charge in [-0.05, 0) is 246 Å². The third-order valence-corrected chi connectivity index (χ3v) is 23.3. The average Bonchev–Trinajstić information content (AvgIpc) is 1.56. The molecule has 0 fully saturated rings. The van der Waals surface area contributed by atoms with Gasteiger partial charge in [-0.15, -0.1) is 0 Å². The maximum atomic E-state index is 6.19. The fourth-order valence-electron chi connectivity index (χ4n) is 17.6. The SMILES string of the molecule is C=Cc1ccc(OCCCCCCC2(c3ccccc3)c3ccccc3-c3ccc(-c4ccc(N(c5ccc(-c6ccc7c(c6)C(CCCCCCOc6ccc(C=C)cc6)(c6ccccc6)c6ccccc6-7)cc5)c5ccc(N(c6ccc(-c7ccccc7)cc6)c6ccc(-c7ccccc7)cc6)cc5)cc4)cc32)cc1. The Morgan fingerprint density at radius 3 is 0.839 bits per heavy atom. The minimum Gasteiger partial charge on any atom is -0.494 e. The second kappa shape index (κ2) is 33.1. The molecule has 2 unspecified atom stereocenters. The Morgan fingerprint density at radius 2 is 0.500 bits per heavy atom. The summed E-state index contributed by atoms with van der Waals surface area (Å²) < 4.78 is 12.4. The van der Waals surface area contributed by atoms with Crippen molar-refractivity contribution in [1.82, 2.24) is 0 Å². The Balaban J connectivity index is 0.704. The van der Waals surface area contributed by atoms with Crippen molar-refractivity contribution in [2.45, 2.75) is 75.0 Å². The summed E-state index contributed by atoms with van der Waals surface area (Å²) in [5.74, 6) is 1.82. The van der Waals surface area contributed by atoms with Crippen LogP contribution in [0.5, 0.6) is 11.5 Å². The van der Waals surface area contributed by atoms with E-state index < -0.39 is 0 Å². The molecule has 0 N–H and O–H groups in total. The van der Waals surface area contributed by atoms with E-state index in [1.807, 2.05) is 36.4 Å². The summed E-state index contributed by atoms with van der Waals surface area (Å²) in [6, 6.07) is 139. The van der Waals surface area contributed by atoms with Gasteiger partial charge in [-0.1, -0.05) is 331 Å². The normalized spacial score (nSPS) is 14.3. The Morgan fingerprint density at radius 1 is 0.232 bits per heavy atom. The molecule has 0 saturated heterocycles. The van der Waals surface area contributed by atoms with Gasteiger partial charge in [0.2, 0.25) is 0 Å². The zero-order valence-electron chi connectivity index (χ0n) is 63.6. The van der Waals surface area contributed by atoms with Gasteiger partial charge < -0.3 is 19.3 Å². The molecule has 0 aromatic heterocycles. The van der Waals surface area contributed by atoms with Crippen molar-refractivity contribution in [3.63, 3.8) is 0 Å². The van der Waals surface area contributed by atoms with E-state index in [0.717, 1.165) is 121 Å². The highest BCUT2D eigenvalue weighted by Gasteiger charge is 2.46. The van der Waals surface area contributed by atoms with Gasteiger partial charge in [0, 0.05) is 45.0 Å². The molecule has 2 aliphatic carbocycles. The molecule has 546 valence electrons. The van der Waals surface area contributed by atoms with Gasteiger partial charge in [0.1, 0.15) is 11.5 Å².